The van der Waals surface area contributed by atoms with Gasteiger partial charge in [0.05, 0.1) is 17.2 Å². The van der Waals surface area contributed by atoms with Gasteiger partial charge in [-0.3, -0.25) is 0 Å². The maximum Gasteiger partial charge on any atom is 0.416 e. The molecule has 0 aromatic heterocycles. The highest BCUT2D eigenvalue weighted by molar-refractivity contribution is 5.81. The zero-order chi connectivity index (χ0) is 30.1. The smallest absolute Gasteiger partial charge is 0.371 e. The number of azo groups is 1. The van der Waals surface area contributed by atoms with Crippen LogP contribution in [0.1, 0.15) is 84.4 Å². The number of guanidine groups is 1. The number of hydrazone groups is 1. The van der Waals surface area contributed by atoms with Crippen molar-refractivity contribution in [2.45, 2.75) is 82.7 Å². The molecule has 1 aliphatic heterocycles. The van der Waals surface area contributed by atoms with Crippen LogP contribution < -0.4 is 10.7 Å². The van der Waals surface area contributed by atoms with Crippen molar-refractivity contribution in [1.82, 2.24) is 4.90 Å². The van der Waals surface area contributed by atoms with Crippen molar-refractivity contribution in [3.8, 4) is 0 Å². The lowest BCUT2D eigenvalue weighted by molar-refractivity contribution is -0.143. The number of nitrogens with zero attached hydrogens (tertiary/aromatic N) is 5. The lowest BCUT2D eigenvalue weighted by Crippen LogP contribution is -2.35. The van der Waals surface area contributed by atoms with Crippen molar-refractivity contribution in [2.24, 2.45) is 27.1 Å². The highest BCUT2D eigenvalue weighted by Gasteiger charge is 2.38. The summed E-state index contributed by atoms with van der Waals surface area (Å²) >= 11 is 0. The van der Waals surface area contributed by atoms with E-state index in [9.17, 15) is 26.3 Å². The summed E-state index contributed by atoms with van der Waals surface area (Å²) in [6.07, 6.45) is -0.779. The fourth-order valence-electron chi connectivity index (χ4n) is 6.81. The fraction of sp³-hybridized carbons (Fsp3) is 0.567. The normalized spacial score (nSPS) is 20.2. The molecule has 2 aliphatic carbocycles. The van der Waals surface area contributed by atoms with Crippen LogP contribution in [-0.2, 0) is 31.7 Å². The van der Waals surface area contributed by atoms with Crippen LogP contribution in [0.5, 0.6) is 0 Å². The third-order valence-corrected chi connectivity index (χ3v) is 8.74. The second kappa shape index (κ2) is 12.1. The van der Waals surface area contributed by atoms with Gasteiger partial charge in [-0.25, -0.2) is 0 Å². The van der Waals surface area contributed by atoms with E-state index in [0.29, 0.717) is 12.3 Å². The zero-order valence-electron chi connectivity index (χ0n) is 23.6. The van der Waals surface area contributed by atoms with Gasteiger partial charge < -0.3 is 15.6 Å². The van der Waals surface area contributed by atoms with Gasteiger partial charge in [0.2, 0.25) is 0 Å². The predicted molar refractivity (Wildman–Crippen MR) is 149 cm³/mol. The summed E-state index contributed by atoms with van der Waals surface area (Å²) in [5, 5.41) is 11.6. The number of hydrogen-bond acceptors (Lipinski definition) is 4. The minimum absolute atomic E-state index is 0.0517. The van der Waals surface area contributed by atoms with E-state index in [2.05, 4.69) is 32.4 Å². The maximum absolute atomic E-state index is 13.7. The quantitative estimate of drug-likeness (QED) is 0.0957. The Morgan fingerprint density at radius 3 is 2.12 bits per heavy atom. The Morgan fingerprint density at radius 2 is 1.52 bits per heavy atom. The van der Waals surface area contributed by atoms with E-state index < -0.39 is 29.5 Å². The van der Waals surface area contributed by atoms with Crippen LogP contribution in [0.3, 0.4) is 0 Å². The number of benzene rings is 2. The molecule has 42 heavy (non-hydrogen) atoms. The van der Waals surface area contributed by atoms with Crippen molar-refractivity contribution in [3.05, 3.63) is 63.7 Å². The van der Waals surface area contributed by atoms with Gasteiger partial charge in [-0.1, -0.05) is 18.9 Å². The Bertz CT molecular complexity index is 1300. The van der Waals surface area contributed by atoms with E-state index in [1.807, 2.05) is 0 Å². The number of alkyl halides is 6. The van der Waals surface area contributed by atoms with Crippen molar-refractivity contribution >= 4 is 11.6 Å². The van der Waals surface area contributed by atoms with Gasteiger partial charge in [0.25, 0.3) is 5.96 Å². The minimum Gasteiger partial charge on any atom is -0.371 e. The first-order valence-corrected chi connectivity index (χ1v) is 14.5. The largest absolute Gasteiger partial charge is 0.416 e. The molecule has 2 N–H and O–H groups in total. The number of hydrogen-bond donors (Lipinski definition) is 1. The third-order valence-electron chi connectivity index (χ3n) is 8.74. The summed E-state index contributed by atoms with van der Waals surface area (Å²) < 4.78 is 82.2. The van der Waals surface area contributed by atoms with Gasteiger partial charge in [0.15, 0.2) is 0 Å². The molecule has 2 aromatic carbocycles. The molecule has 0 bridgehead atoms. The van der Waals surface area contributed by atoms with Crippen molar-refractivity contribution < 1.29 is 26.3 Å². The van der Waals surface area contributed by atoms with Gasteiger partial charge in [-0.05, 0) is 97.4 Å². The van der Waals surface area contributed by atoms with E-state index in [-0.39, 0.29) is 24.1 Å². The summed E-state index contributed by atoms with van der Waals surface area (Å²) in [6, 6.07) is 5.64. The highest BCUT2D eigenvalue weighted by atomic mass is 19.4. The van der Waals surface area contributed by atoms with Gasteiger partial charge in [-0.2, -0.15) is 31.5 Å². The molecule has 0 spiro atoms. The van der Waals surface area contributed by atoms with Crippen LogP contribution in [-0.4, -0.2) is 31.0 Å². The first-order chi connectivity index (χ1) is 20.0. The third kappa shape index (κ3) is 6.52. The van der Waals surface area contributed by atoms with Crippen molar-refractivity contribution in [1.29, 1.82) is 0 Å². The first-order valence-electron chi connectivity index (χ1n) is 14.5. The number of nitrogens with two attached hydrogens (primary N) is 1. The minimum atomic E-state index is -4.95. The Labute approximate surface area is 241 Å². The number of aryl methyl sites for hydroxylation is 2. The zero-order valence-corrected chi connectivity index (χ0v) is 23.6. The van der Waals surface area contributed by atoms with E-state index in [1.54, 1.807) is 4.90 Å². The average Bonchev–Trinajstić information content (AvgIpc) is 3.59. The standard InChI is InChI=1S/C30H36F6N6/c1-38-40-28(39-37)42(18-20-12-23(29(31,32)33)16-24(13-20)30(34,35)36)26-10-5-11-41(17-19-6-2-3-7-19)27-15-22-9-4-8-21(22)14-25(26)27/h12-16,19,26H,2-11,17-18,37H2,1H3/t26-/m0/s1. The second-order valence-electron chi connectivity index (χ2n) is 11.6. The van der Waals surface area contributed by atoms with Crippen LogP contribution in [0.15, 0.2) is 45.7 Å². The summed E-state index contributed by atoms with van der Waals surface area (Å²) in [4.78, 5) is 4.04. The Morgan fingerprint density at radius 1 is 0.881 bits per heavy atom. The molecule has 0 radical (unpaired) electrons. The van der Waals surface area contributed by atoms with E-state index in [1.165, 1.54) is 43.9 Å². The lowest BCUT2D eigenvalue weighted by atomic mass is 9.94. The predicted octanol–water partition coefficient (Wildman–Crippen LogP) is 7.86. The van der Waals surface area contributed by atoms with Gasteiger partial charge in [0, 0.05) is 32.4 Å². The van der Waals surface area contributed by atoms with Crippen LogP contribution in [0.4, 0.5) is 32.0 Å². The highest BCUT2D eigenvalue weighted by Crippen LogP contribution is 2.43. The number of fused-ring (bicyclic) bond motifs is 2. The van der Waals surface area contributed by atoms with Crippen LogP contribution in [0, 0.1) is 5.92 Å². The van der Waals surface area contributed by atoms with Crippen LogP contribution in [0.2, 0.25) is 0 Å². The van der Waals surface area contributed by atoms with Crippen molar-refractivity contribution in [3.63, 3.8) is 0 Å². The Balaban J connectivity index is 1.61. The molecule has 228 valence electrons. The molecule has 2 aromatic rings. The summed E-state index contributed by atoms with van der Waals surface area (Å²) in [5.41, 5.74) is 1.67. The number of rotatable bonds is 5. The van der Waals surface area contributed by atoms with Gasteiger partial charge in [0.1, 0.15) is 0 Å². The summed E-state index contributed by atoms with van der Waals surface area (Å²) in [7, 11) is 1.41. The SMILES string of the molecule is CN=NC(=NN)N(Cc1cc(C(F)(F)F)cc(C(F)(F)F)c1)[C@H]1CCCN(CC2CCCC2)c2cc3c(cc21)CCC3. The molecule has 1 atom stereocenters. The number of anilines is 1. The molecule has 0 unspecified atom stereocenters. The monoisotopic (exact) mass is 594 g/mol. The van der Waals surface area contributed by atoms with E-state index in [0.717, 1.165) is 62.2 Å². The molecule has 6 nitrogen and oxygen atoms in total. The summed E-state index contributed by atoms with van der Waals surface area (Å²) in [5.74, 6) is 6.27. The molecule has 0 amide bonds. The van der Waals surface area contributed by atoms with Crippen LogP contribution in [0.25, 0.3) is 0 Å². The number of halogens is 6. The van der Waals surface area contributed by atoms with Crippen molar-refractivity contribution in [2.75, 3.05) is 25.0 Å². The van der Waals surface area contributed by atoms with Gasteiger partial charge >= 0.3 is 12.4 Å². The van der Waals surface area contributed by atoms with E-state index >= 15 is 0 Å². The molecular formula is C30H36F6N6. The van der Waals surface area contributed by atoms with E-state index in [4.69, 9.17) is 5.84 Å². The first kappa shape index (κ1) is 30.2. The molecular weight excluding hydrogens is 558 g/mol. The fourth-order valence-corrected chi connectivity index (χ4v) is 6.81. The lowest BCUT2D eigenvalue weighted by Gasteiger charge is -2.34. The Hall–Kier alpha value is -3.31. The molecule has 1 fully saturated rings. The topological polar surface area (TPSA) is 69.6 Å². The molecule has 12 heteroatoms. The maximum atomic E-state index is 13.7. The summed E-state index contributed by atoms with van der Waals surface area (Å²) in [6.45, 7) is 1.41. The second-order valence-corrected chi connectivity index (χ2v) is 11.6. The molecule has 5 rings (SSSR count). The molecule has 0 saturated heterocycles. The molecule has 1 saturated carbocycles. The molecule has 3 aliphatic rings. The van der Waals surface area contributed by atoms with Crippen LogP contribution >= 0.6 is 0 Å². The van der Waals surface area contributed by atoms with Gasteiger partial charge in [-0.15, -0.1) is 10.2 Å². The Kier molecular flexibility index (Phi) is 8.71. The average molecular weight is 595 g/mol. The molecule has 1 heterocycles.